The minimum Gasteiger partial charge on any atom is -0.497 e. The van der Waals surface area contributed by atoms with Gasteiger partial charge in [0.05, 0.1) is 38.1 Å². The second-order valence-electron chi connectivity index (χ2n) is 8.09. The van der Waals surface area contributed by atoms with Crippen molar-refractivity contribution in [2.24, 2.45) is 5.10 Å². The highest BCUT2D eigenvalue weighted by Gasteiger charge is 2.29. The molecule has 0 unspecified atom stereocenters. The number of nitrogens with one attached hydrogen (secondary N) is 1. The van der Waals surface area contributed by atoms with Crippen molar-refractivity contribution in [1.29, 1.82) is 0 Å². The van der Waals surface area contributed by atoms with Crippen molar-refractivity contribution in [1.82, 2.24) is 5.43 Å². The Kier molecular flexibility index (Phi) is 9.87. The molecule has 0 heterocycles. The smallest absolute Gasteiger partial charge is 0.343 e. The minimum atomic E-state index is -4.17. The van der Waals surface area contributed by atoms with E-state index in [1.807, 2.05) is 6.92 Å². The molecule has 0 aliphatic carbocycles. The number of benzene rings is 3. The van der Waals surface area contributed by atoms with Gasteiger partial charge in [-0.1, -0.05) is 29.8 Å². The van der Waals surface area contributed by atoms with Gasteiger partial charge in [-0.3, -0.25) is 9.10 Å². The number of carbonyl (C=O) groups is 2. The molecule has 0 aliphatic rings. The Bertz CT molecular complexity index is 1440. The fourth-order valence-electron chi connectivity index (χ4n) is 3.36. The maximum atomic E-state index is 13.6. The van der Waals surface area contributed by atoms with E-state index in [0.29, 0.717) is 17.1 Å². The molecule has 3 aromatic carbocycles. The Balaban J connectivity index is 1.83. The summed E-state index contributed by atoms with van der Waals surface area (Å²) in [6.45, 7) is 1.000. The van der Waals surface area contributed by atoms with Gasteiger partial charge in [0.15, 0.2) is 6.61 Å². The predicted octanol–water partition coefficient (Wildman–Crippen LogP) is 2.91. The zero-order valence-corrected chi connectivity index (χ0v) is 22.7. The normalized spacial score (nSPS) is 11.1. The van der Waals surface area contributed by atoms with Crippen LogP contribution in [-0.2, 0) is 24.3 Å². The third-order valence-electron chi connectivity index (χ3n) is 5.40. The maximum Gasteiger partial charge on any atom is 0.343 e. The Hall–Kier alpha value is -4.58. The van der Waals surface area contributed by atoms with Gasteiger partial charge in [-0.2, -0.15) is 5.10 Å². The number of hydrogen-bond donors (Lipinski definition) is 1. The summed E-state index contributed by atoms with van der Waals surface area (Å²) in [5.41, 5.74) is 3.95. The fourth-order valence-corrected chi connectivity index (χ4v) is 4.79. The summed E-state index contributed by atoms with van der Waals surface area (Å²) in [4.78, 5) is 24.2. The molecule has 0 aromatic heterocycles. The van der Waals surface area contributed by atoms with Crippen molar-refractivity contribution in [2.75, 3.05) is 38.8 Å². The average Bonchev–Trinajstić information content (AvgIpc) is 2.94. The summed E-state index contributed by atoms with van der Waals surface area (Å²) in [6.07, 6.45) is 1.36. The highest BCUT2D eigenvalue weighted by Crippen LogP contribution is 2.35. The molecule has 12 heteroatoms. The number of aryl methyl sites for hydroxylation is 1. The number of nitrogens with zero attached hydrogens (tertiary/aromatic N) is 2. The summed E-state index contributed by atoms with van der Waals surface area (Å²) in [5.74, 6) is -0.171. The van der Waals surface area contributed by atoms with Gasteiger partial charge >= 0.3 is 5.97 Å². The standard InChI is InChI=1S/C27H29N3O8S/c1-19-8-11-23(12-9-19)39(33,34)30(24-13-10-21(35-2)15-25(24)36-3)17-26(31)29-28-16-20-6-5-7-22(14-20)38-18-27(32)37-4/h5-16H,17-18H2,1-4H3,(H,29,31)/b28-16-. The molecule has 0 bridgehead atoms. The van der Waals surface area contributed by atoms with Gasteiger partial charge in [-0.05, 0) is 48.9 Å². The molecule has 39 heavy (non-hydrogen) atoms. The second kappa shape index (κ2) is 13.3. The topological polar surface area (TPSA) is 133 Å². The van der Waals surface area contributed by atoms with Crippen molar-refractivity contribution < 1.29 is 37.0 Å². The fraction of sp³-hybridized carbons (Fsp3) is 0.222. The summed E-state index contributed by atoms with van der Waals surface area (Å²) < 4.78 is 48.7. The lowest BCUT2D eigenvalue weighted by Gasteiger charge is -2.25. The van der Waals surface area contributed by atoms with Gasteiger partial charge in [0.1, 0.15) is 23.8 Å². The van der Waals surface area contributed by atoms with Gasteiger partial charge in [-0.15, -0.1) is 0 Å². The summed E-state index contributed by atoms with van der Waals surface area (Å²) in [5, 5.41) is 3.93. The summed E-state index contributed by atoms with van der Waals surface area (Å²) >= 11 is 0. The molecule has 0 spiro atoms. The van der Waals surface area contributed by atoms with E-state index in [-0.39, 0.29) is 22.9 Å². The quantitative estimate of drug-likeness (QED) is 0.205. The first kappa shape index (κ1) is 29.0. The Morgan fingerprint density at radius 2 is 1.69 bits per heavy atom. The van der Waals surface area contributed by atoms with E-state index >= 15 is 0 Å². The van der Waals surface area contributed by atoms with Crippen LogP contribution in [0.5, 0.6) is 17.2 Å². The highest BCUT2D eigenvalue weighted by atomic mass is 32.2. The zero-order chi connectivity index (χ0) is 28.4. The van der Waals surface area contributed by atoms with Gasteiger partial charge in [0.2, 0.25) is 0 Å². The van der Waals surface area contributed by atoms with Crippen LogP contribution >= 0.6 is 0 Å². The van der Waals surface area contributed by atoms with Crippen LogP contribution in [0.15, 0.2) is 76.7 Å². The van der Waals surface area contributed by atoms with Crippen molar-refractivity contribution >= 4 is 33.8 Å². The molecule has 3 aromatic rings. The van der Waals surface area contributed by atoms with Gasteiger partial charge in [0.25, 0.3) is 15.9 Å². The molecule has 0 atom stereocenters. The molecular formula is C27H29N3O8S. The number of amides is 1. The van der Waals surface area contributed by atoms with Crippen LogP contribution in [0.25, 0.3) is 0 Å². The molecule has 1 amide bonds. The number of methoxy groups -OCH3 is 3. The highest BCUT2D eigenvalue weighted by molar-refractivity contribution is 7.92. The van der Waals surface area contributed by atoms with Crippen LogP contribution in [0.3, 0.4) is 0 Å². The lowest BCUT2D eigenvalue weighted by molar-refractivity contribution is -0.142. The van der Waals surface area contributed by atoms with Crippen LogP contribution in [-0.4, -0.2) is 61.0 Å². The molecule has 206 valence electrons. The van der Waals surface area contributed by atoms with Crippen molar-refractivity contribution in [3.63, 3.8) is 0 Å². The number of rotatable bonds is 12. The third kappa shape index (κ3) is 7.71. The largest absolute Gasteiger partial charge is 0.497 e. The molecule has 11 nitrogen and oxygen atoms in total. The van der Waals surface area contributed by atoms with Gasteiger partial charge in [-0.25, -0.2) is 18.6 Å². The third-order valence-corrected chi connectivity index (χ3v) is 7.17. The number of ether oxygens (including phenoxy) is 4. The average molecular weight is 556 g/mol. The summed E-state index contributed by atoms with van der Waals surface area (Å²) in [7, 11) is -0.0467. The molecule has 0 fully saturated rings. The predicted molar refractivity (Wildman–Crippen MR) is 145 cm³/mol. The molecule has 0 radical (unpaired) electrons. The van der Waals surface area contributed by atoms with E-state index in [1.165, 1.54) is 51.8 Å². The first-order valence-corrected chi connectivity index (χ1v) is 13.0. The lowest BCUT2D eigenvalue weighted by atomic mass is 10.2. The van der Waals surface area contributed by atoms with Crippen LogP contribution in [0.2, 0.25) is 0 Å². The number of hydrogen-bond acceptors (Lipinski definition) is 9. The monoisotopic (exact) mass is 555 g/mol. The van der Waals surface area contributed by atoms with E-state index in [1.54, 1.807) is 42.5 Å². The van der Waals surface area contributed by atoms with Gasteiger partial charge < -0.3 is 18.9 Å². The SMILES string of the molecule is COC(=O)COc1cccc(/C=N\NC(=O)CN(c2ccc(OC)cc2OC)S(=O)(=O)c2ccc(C)cc2)c1. The molecular weight excluding hydrogens is 526 g/mol. The molecule has 3 rings (SSSR count). The Morgan fingerprint density at radius 3 is 2.36 bits per heavy atom. The first-order chi connectivity index (χ1) is 18.7. The first-order valence-electron chi connectivity index (χ1n) is 11.6. The number of esters is 1. The summed E-state index contributed by atoms with van der Waals surface area (Å²) in [6, 6.07) is 17.5. The van der Waals surface area contributed by atoms with E-state index < -0.39 is 28.4 Å². The van der Waals surface area contributed by atoms with Crippen LogP contribution in [0, 0.1) is 6.92 Å². The molecule has 1 N–H and O–H groups in total. The Morgan fingerprint density at radius 1 is 0.949 bits per heavy atom. The number of hydrazone groups is 1. The maximum absolute atomic E-state index is 13.6. The van der Waals surface area contributed by atoms with Crippen LogP contribution < -0.4 is 23.9 Å². The van der Waals surface area contributed by atoms with Crippen LogP contribution in [0.4, 0.5) is 5.69 Å². The molecule has 0 saturated carbocycles. The van der Waals surface area contributed by atoms with Crippen molar-refractivity contribution in [3.05, 3.63) is 77.9 Å². The number of sulfonamides is 1. The number of anilines is 1. The van der Waals surface area contributed by atoms with E-state index in [0.717, 1.165) is 9.87 Å². The second-order valence-corrected chi connectivity index (χ2v) is 9.96. The van der Waals surface area contributed by atoms with E-state index in [4.69, 9.17) is 14.2 Å². The molecule has 0 aliphatic heterocycles. The molecule has 0 saturated heterocycles. The van der Waals surface area contributed by atoms with Gasteiger partial charge in [0, 0.05) is 6.07 Å². The van der Waals surface area contributed by atoms with Crippen molar-refractivity contribution in [3.8, 4) is 17.2 Å². The lowest BCUT2D eigenvalue weighted by Crippen LogP contribution is -2.39. The zero-order valence-electron chi connectivity index (χ0n) is 21.9. The van der Waals surface area contributed by atoms with Crippen LogP contribution in [0.1, 0.15) is 11.1 Å². The van der Waals surface area contributed by atoms with Crippen molar-refractivity contribution in [2.45, 2.75) is 11.8 Å². The Labute approximate surface area is 227 Å². The van der Waals surface area contributed by atoms with E-state index in [2.05, 4.69) is 15.3 Å². The van der Waals surface area contributed by atoms with E-state index in [9.17, 15) is 18.0 Å². The minimum absolute atomic E-state index is 0.00559. The number of carbonyl (C=O) groups excluding carboxylic acids is 2.